The molecule has 0 bridgehead atoms. The van der Waals surface area contributed by atoms with Crippen molar-refractivity contribution >= 4 is 34.2 Å². The second-order valence-electron chi connectivity index (χ2n) is 7.46. The fraction of sp³-hybridized carbons (Fsp3) is 0.227. The predicted molar refractivity (Wildman–Crippen MR) is 120 cm³/mol. The van der Waals surface area contributed by atoms with Crippen molar-refractivity contribution < 1.29 is 9.59 Å². The molecule has 0 spiro atoms. The molecule has 0 fully saturated rings. The highest BCUT2D eigenvalue weighted by Gasteiger charge is 2.26. The summed E-state index contributed by atoms with van der Waals surface area (Å²) >= 11 is 1.48. The summed E-state index contributed by atoms with van der Waals surface area (Å²) in [7, 11) is 0. The molecule has 4 rings (SSSR count). The first kappa shape index (κ1) is 20.7. The lowest BCUT2D eigenvalue weighted by Gasteiger charge is -2.08. The van der Waals surface area contributed by atoms with Crippen LogP contribution in [0, 0.1) is 6.92 Å². The summed E-state index contributed by atoms with van der Waals surface area (Å²) in [5, 5.41) is 0. The first-order valence-electron chi connectivity index (χ1n) is 9.75. The van der Waals surface area contributed by atoms with Gasteiger partial charge in [0, 0.05) is 16.5 Å². The van der Waals surface area contributed by atoms with Crippen LogP contribution in [0.4, 0.5) is 0 Å². The van der Waals surface area contributed by atoms with Gasteiger partial charge in [0.2, 0.25) is 0 Å². The highest BCUT2D eigenvalue weighted by atomic mass is 32.1. The van der Waals surface area contributed by atoms with Crippen LogP contribution < -0.4 is 11.4 Å². The van der Waals surface area contributed by atoms with Gasteiger partial charge in [-0.25, -0.2) is 14.8 Å². The summed E-state index contributed by atoms with van der Waals surface area (Å²) in [4.78, 5) is 49.3. The molecule has 1 amide bonds. The normalized spacial score (nSPS) is 11.4. The topological polar surface area (TPSA) is 113 Å². The number of thiophene rings is 1. The van der Waals surface area contributed by atoms with Crippen molar-refractivity contribution in [3.8, 4) is 10.7 Å². The molecule has 0 radical (unpaired) electrons. The number of primary amides is 1. The van der Waals surface area contributed by atoms with Gasteiger partial charge in [-0.1, -0.05) is 30.3 Å². The van der Waals surface area contributed by atoms with E-state index >= 15 is 0 Å². The van der Waals surface area contributed by atoms with Crippen LogP contribution >= 0.6 is 11.3 Å². The number of aryl methyl sites for hydroxylation is 1. The van der Waals surface area contributed by atoms with Crippen LogP contribution in [-0.2, 0) is 6.54 Å². The number of hydrogen-bond acceptors (Lipinski definition) is 6. The zero-order chi connectivity index (χ0) is 22.3. The lowest BCUT2D eigenvalue weighted by Crippen LogP contribution is -2.28. The van der Waals surface area contributed by atoms with Gasteiger partial charge in [0.25, 0.3) is 5.91 Å². The molecule has 2 N–H and O–H groups in total. The second-order valence-corrected chi connectivity index (χ2v) is 8.75. The highest BCUT2D eigenvalue weighted by molar-refractivity contribution is 7.15. The van der Waals surface area contributed by atoms with Crippen LogP contribution in [0.15, 0.2) is 47.3 Å². The molecule has 9 heteroatoms. The van der Waals surface area contributed by atoms with E-state index in [0.717, 1.165) is 9.75 Å². The molecule has 0 atom stereocenters. The number of ketones is 1. The number of carbonyl (C=O) groups is 2. The quantitative estimate of drug-likeness (QED) is 0.467. The average Bonchev–Trinajstić information content (AvgIpc) is 3.29. The van der Waals surface area contributed by atoms with E-state index in [1.807, 2.05) is 32.9 Å². The van der Waals surface area contributed by atoms with Gasteiger partial charge >= 0.3 is 5.69 Å². The molecule has 4 aromatic rings. The number of amides is 1. The van der Waals surface area contributed by atoms with Crippen LogP contribution in [0.5, 0.6) is 0 Å². The van der Waals surface area contributed by atoms with Gasteiger partial charge in [0.05, 0.1) is 11.4 Å². The smallest absolute Gasteiger partial charge is 0.331 e. The van der Waals surface area contributed by atoms with Gasteiger partial charge in [-0.3, -0.25) is 18.7 Å². The molecule has 3 heterocycles. The number of benzene rings is 1. The maximum atomic E-state index is 13.3. The minimum atomic E-state index is -0.788. The van der Waals surface area contributed by atoms with Gasteiger partial charge in [-0.15, -0.1) is 11.3 Å². The van der Waals surface area contributed by atoms with Gasteiger partial charge in [0.1, 0.15) is 5.52 Å². The van der Waals surface area contributed by atoms with Crippen molar-refractivity contribution in [3.63, 3.8) is 0 Å². The van der Waals surface area contributed by atoms with Gasteiger partial charge < -0.3 is 5.73 Å². The fourth-order valence-corrected chi connectivity index (χ4v) is 4.29. The Morgan fingerprint density at radius 2 is 1.81 bits per heavy atom. The molecule has 0 aliphatic rings. The summed E-state index contributed by atoms with van der Waals surface area (Å²) < 4.78 is 2.71. The Bertz CT molecular complexity index is 1370. The average molecular weight is 436 g/mol. The van der Waals surface area contributed by atoms with Crippen LogP contribution in [0.1, 0.15) is 45.6 Å². The summed E-state index contributed by atoms with van der Waals surface area (Å²) in [5.41, 5.74) is 6.05. The van der Waals surface area contributed by atoms with Crippen LogP contribution in [0.3, 0.4) is 0 Å². The molecule has 0 saturated carbocycles. The highest BCUT2D eigenvalue weighted by Crippen LogP contribution is 2.28. The van der Waals surface area contributed by atoms with E-state index < -0.39 is 11.6 Å². The van der Waals surface area contributed by atoms with Crippen LogP contribution in [-0.4, -0.2) is 30.8 Å². The Kier molecular flexibility index (Phi) is 5.28. The van der Waals surface area contributed by atoms with Crippen molar-refractivity contribution in [3.05, 3.63) is 69.1 Å². The molecule has 158 valence electrons. The predicted octanol–water partition coefficient (Wildman–Crippen LogP) is 3.19. The Labute approximate surface area is 182 Å². The first-order chi connectivity index (χ1) is 14.8. The number of fused-ring (bicyclic) bond motifs is 1. The van der Waals surface area contributed by atoms with Crippen molar-refractivity contribution in [1.82, 2.24) is 19.1 Å². The third kappa shape index (κ3) is 3.68. The van der Waals surface area contributed by atoms with Crippen molar-refractivity contribution in [2.75, 3.05) is 0 Å². The molecular formula is C22H21N5O3S. The van der Waals surface area contributed by atoms with E-state index in [1.54, 1.807) is 30.3 Å². The fourth-order valence-electron chi connectivity index (χ4n) is 3.48. The largest absolute Gasteiger partial charge is 0.364 e. The Morgan fingerprint density at radius 1 is 1.10 bits per heavy atom. The molecular weight excluding hydrogens is 414 g/mol. The molecule has 0 saturated heterocycles. The number of rotatable bonds is 6. The molecule has 0 aliphatic heterocycles. The summed E-state index contributed by atoms with van der Waals surface area (Å²) in [6.07, 6.45) is 0. The van der Waals surface area contributed by atoms with Crippen LogP contribution in [0.25, 0.3) is 21.9 Å². The Balaban J connectivity index is 1.98. The molecule has 8 nitrogen and oxygen atoms in total. The van der Waals surface area contributed by atoms with E-state index in [9.17, 15) is 14.4 Å². The van der Waals surface area contributed by atoms with Crippen molar-refractivity contribution in [2.45, 2.75) is 33.4 Å². The third-order valence-electron chi connectivity index (χ3n) is 4.91. The Hall–Kier alpha value is -3.59. The number of Topliss-reactive ketones (excluding diaryl/α,β-unsaturated/α-hetero) is 1. The van der Waals surface area contributed by atoms with E-state index in [4.69, 9.17) is 5.73 Å². The Morgan fingerprint density at radius 3 is 2.39 bits per heavy atom. The third-order valence-corrected chi connectivity index (χ3v) is 5.91. The van der Waals surface area contributed by atoms with E-state index in [1.165, 1.54) is 20.5 Å². The van der Waals surface area contributed by atoms with Gasteiger partial charge in [0.15, 0.2) is 22.9 Å². The number of hydrogen-bond donors (Lipinski definition) is 1. The zero-order valence-corrected chi connectivity index (χ0v) is 18.1. The lowest BCUT2D eigenvalue weighted by molar-refractivity contribution is 0.0966. The second kappa shape index (κ2) is 7.92. The first-order valence-corrected chi connectivity index (χ1v) is 10.6. The SMILES string of the molecule is Cc1ccc(-c2nc(C(N)=O)c3c(n2)n(C(C)C)c(=O)n3CC(=O)c2ccccc2)s1. The number of imidazole rings is 1. The summed E-state index contributed by atoms with van der Waals surface area (Å²) in [6, 6.07) is 12.2. The van der Waals surface area contributed by atoms with Crippen LogP contribution in [0.2, 0.25) is 0 Å². The van der Waals surface area contributed by atoms with E-state index in [0.29, 0.717) is 11.4 Å². The molecule has 31 heavy (non-hydrogen) atoms. The number of carbonyl (C=O) groups excluding carboxylic acids is 2. The van der Waals surface area contributed by atoms with Gasteiger partial charge in [-0.05, 0) is 32.9 Å². The summed E-state index contributed by atoms with van der Waals surface area (Å²) in [6.45, 7) is 5.38. The summed E-state index contributed by atoms with van der Waals surface area (Å²) in [5.74, 6) is -0.733. The molecule has 0 unspecified atom stereocenters. The number of aromatic nitrogens is 4. The number of nitrogens with two attached hydrogens (primary N) is 1. The maximum Gasteiger partial charge on any atom is 0.331 e. The van der Waals surface area contributed by atoms with Crippen molar-refractivity contribution in [2.24, 2.45) is 5.73 Å². The zero-order valence-electron chi connectivity index (χ0n) is 17.3. The minimum Gasteiger partial charge on any atom is -0.364 e. The molecule has 1 aromatic carbocycles. The molecule has 3 aromatic heterocycles. The van der Waals surface area contributed by atoms with E-state index in [2.05, 4.69) is 9.97 Å². The number of nitrogens with zero attached hydrogens (tertiary/aromatic N) is 4. The molecule has 0 aliphatic carbocycles. The lowest BCUT2D eigenvalue weighted by atomic mass is 10.1. The maximum absolute atomic E-state index is 13.3. The standard InChI is InChI=1S/C22H21N5O3S/c1-12(2)27-21-18(26(22(27)30)11-15(28)14-7-5-4-6-8-14)17(19(23)29)24-20(25-21)16-10-9-13(3)31-16/h4-10,12H,11H2,1-3H3,(H2,23,29). The van der Waals surface area contributed by atoms with Gasteiger partial charge in [-0.2, -0.15) is 0 Å². The van der Waals surface area contributed by atoms with Crippen molar-refractivity contribution in [1.29, 1.82) is 0 Å². The minimum absolute atomic E-state index is 0.0802. The monoisotopic (exact) mass is 435 g/mol. The van der Waals surface area contributed by atoms with E-state index in [-0.39, 0.29) is 35.2 Å².